The molecule has 3 atom stereocenters. The van der Waals surface area contributed by atoms with Crippen molar-refractivity contribution in [3.63, 3.8) is 0 Å². The van der Waals surface area contributed by atoms with Gasteiger partial charge in [0.25, 0.3) is 0 Å². The van der Waals surface area contributed by atoms with Crippen molar-refractivity contribution in [3.05, 3.63) is 52.9 Å². The van der Waals surface area contributed by atoms with Crippen LogP contribution in [0.4, 0.5) is 8.78 Å². The Balaban J connectivity index is 2.04. The number of hydrogen-bond acceptors (Lipinski definition) is 3. The number of carbonyl (C=O) groups is 1. The van der Waals surface area contributed by atoms with Gasteiger partial charge in [0, 0.05) is 6.04 Å². The molecule has 5 heteroatoms. The quantitative estimate of drug-likeness (QED) is 0.737. The Morgan fingerprint density at radius 2 is 2.04 bits per heavy atom. The largest absolute Gasteiger partial charge is 0.466 e. The molecule has 1 aromatic carbocycles. The van der Waals surface area contributed by atoms with E-state index >= 15 is 8.78 Å². The Bertz CT molecular complexity index is 793. The zero-order valence-electron chi connectivity index (χ0n) is 16.1. The number of hydrogen-bond donors (Lipinski definition) is 1. The number of halogens is 2. The van der Waals surface area contributed by atoms with Crippen molar-refractivity contribution in [2.45, 2.75) is 51.7 Å². The highest BCUT2D eigenvalue weighted by molar-refractivity contribution is 5.79. The number of esters is 1. The average molecular weight is 375 g/mol. The number of nitrogens with two attached hydrogens (primary N) is 1. The topological polar surface area (TPSA) is 52.3 Å². The summed E-state index contributed by atoms with van der Waals surface area (Å²) in [5.41, 5.74) is 6.78. The van der Waals surface area contributed by atoms with Crippen molar-refractivity contribution < 1.29 is 18.3 Å². The fourth-order valence-corrected chi connectivity index (χ4v) is 3.99. The van der Waals surface area contributed by atoms with Crippen LogP contribution in [0.15, 0.2) is 41.7 Å². The smallest absolute Gasteiger partial charge is 0.307 e. The third-order valence-corrected chi connectivity index (χ3v) is 5.55. The average Bonchev–Trinajstić information content (AvgIpc) is 3.40. The molecule has 0 radical (unpaired) electrons. The SMILES string of the molecule is CCOC(=O)CC(N)C1C(F)=C(C2CC2)C=C(c2ccccc2C)C1(C)F. The van der Waals surface area contributed by atoms with Gasteiger partial charge in [-0.25, -0.2) is 8.78 Å². The lowest BCUT2D eigenvalue weighted by atomic mass is 9.70. The van der Waals surface area contributed by atoms with E-state index in [4.69, 9.17) is 10.5 Å². The molecule has 1 fully saturated rings. The third-order valence-electron chi connectivity index (χ3n) is 5.55. The van der Waals surface area contributed by atoms with Crippen LogP contribution in [-0.2, 0) is 9.53 Å². The maximum Gasteiger partial charge on any atom is 0.307 e. The molecule has 2 aliphatic rings. The summed E-state index contributed by atoms with van der Waals surface area (Å²) in [6.07, 6.45) is 3.24. The highest BCUT2D eigenvalue weighted by atomic mass is 19.2. The highest BCUT2D eigenvalue weighted by Crippen LogP contribution is 2.52. The van der Waals surface area contributed by atoms with E-state index in [0.29, 0.717) is 11.1 Å². The first kappa shape index (κ1) is 19.7. The first-order valence-corrected chi connectivity index (χ1v) is 9.55. The summed E-state index contributed by atoms with van der Waals surface area (Å²) < 4.78 is 36.4. The molecule has 3 unspecified atom stereocenters. The summed E-state index contributed by atoms with van der Waals surface area (Å²) in [5, 5.41) is 0. The lowest BCUT2D eigenvalue weighted by Crippen LogP contribution is -2.47. The van der Waals surface area contributed by atoms with Crippen LogP contribution in [0.25, 0.3) is 5.57 Å². The molecule has 0 saturated heterocycles. The Kier molecular flexibility index (Phi) is 5.52. The molecule has 0 aromatic heterocycles. The van der Waals surface area contributed by atoms with E-state index in [1.165, 1.54) is 6.92 Å². The molecule has 3 nitrogen and oxygen atoms in total. The zero-order chi connectivity index (χ0) is 19.8. The Morgan fingerprint density at radius 1 is 1.37 bits per heavy atom. The van der Waals surface area contributed by atoms with Crippen molar-refractivity contribution in [1.29, 1.82) is 0 Å². The molecule has 3 rings (SSSR count). The Morgan fingerprint density at radius 3 is 2.63 bits per heavy atom. The number of rotatable bonds is 6. The van der Waals surface area contributed by atoms with Gasteiger partial charge in [0.2, 0.25) is 0 Å². The van der Waals surface area contributed by atoms with Gasteiger partial charge in [-0.15, -0.1) is 0 Å². The van der Waals surface area contributed by atoms with Crippen molar-refractivity contribution in [3.8, 4) is 0 Å². The van der Waals surface area contributed by atoms with Gasteiger partial charge in [0.1, 0.15) is 11.5 Å². The number of alkyl halides is 1. The maximum absolute atomic E-state index is 16.1. The van der Waals surface area contributed by atoms with Gasteiger partial charge in [-0.1, -0.05) is 24.3 Å². The maximum atomic E-state index is 16.1. The fourth-order valence-electron chi connectivity index (χ4n) is 3.99. The second-order valence-corrected chi connectivity index (χ2v) is 7.68. The van der Waals surface area contributed by atoms with E-state index in [9.17, 15) is 4.79 Å². The predicted molar refractivity (Wildman–Crippen MR) is 102 cm³/mol. The number of allylic oxidation sites excluding steroid dienone is 3. The first-order chi connectivity index (χ1) is 12.8. The van der Waals surface area contributed by atoms with E-state index in [0.717, 1.165) is 24.0 Å². The summed E-state index contributed by atoms with van der Waals surface area (Å²) in [7, 11) is 0. The van der Waals surface area contributed by atoms with E-state index in [1.54, 1.807) is 13.0 Å². The van der Waals surface area contributed by atoms with Gasteiger partial charge in [-0.2, -0.15) is 0 Å². The van der Waals surface area contributed by atoms with Crippen molar-refractivity contribution in [2.75, 3.05) is 6.61 Å². The van der Waals surface area contributed by atoms with Crippen LogP contribution in [0.1, 0.15) is 44.2 Å². The first-order valence-electron chi connectivity index (χ1n) is 9.55. The summed E-state index contributed by atoms with van der Waals surface area (Å²) in [5.74, 6) is -2.15. The minimum absolute atomic E-state index is 0.109. The second-order valence-electron chi connectivity index (χ2n) is 7.68. The van der Waals surface area contributed by atoms with Crippen LogP contribution in [0.3, 0.4) is 0 Å². The summed E-state index contributed by atoms with van der Waals surface area (Å²) >= 11 is 0. The lowest BCUT2D eigenvalue weighted by molar-refractivity contribution is -0.143. The predicted octanol–water partition coefficient (Wildman–Crippen LogP) is 4.65. The van der Waals surface area contributed by atoms with E-state index in [-0.39, 0.29) is 18.9 Å². The molecule has 0 aliphatic heterocycles. The molecule has 0 spiro atoms. The third kappa shape index (κ3) is 3.84. The molecular formula is C22H27F2NO2. The van der Waals surface area contributed by atoms with Crippen LogP contribution in [0, 0.1) is 18.8 Å². The number of aryl methyl sites for hydroxylation is 1. The van der Waals surface area contributed by atoms with E-state index in [1.807, 2.05) is 31.2 Å². The molecule has 0 heterocycles. The van der Waals surface area contributed by atoms with Crippen LogP contribution < -0.4 is 5.73 Å². The molecule has 0 bridgehead atoms. The Hall–Kier alpha value is -2.01. The van der Waals surface area contributed by atoms with Gasteiger partial charge < -0.3 is 10.5 Å². The fraction of sp³-hybridized carbons (Fsp3) is 0.500. The molecular weight excluding hydrogens is 348 g/mol. The van der Waals surface area contributed by atoms with Crippen LogP contribution >= 0.6 is 0 Å². The molecule has 0 amide bonds. The van der Waals surface area contributed by atoms with Crippen LogP contribution in [0.5, 0.6) is 0 Å². The van der Waals surface area contributed by atoms with Gasteiger partial charge in [0.05, 0.1) is 18.9 Å². The molecule has 1 aromatic rings. The van der Waals surface area contributed by atoms with Crippen LogP contribution in [0.2, 0.25) is 0 Å². The van der Waals surface area contributed by atoms with Gasteiger partial charge in [-0.3, -0.25) is 4.79 Å². The Labute approximate surface area is 159 Å². The number of ether oxygens (including phenoxy) is 1. The van der Waals surface area contributed by atoms with E-state index < -0.39 is 29.4 Å². The van der Waals surface area contributed by atoms with Crippen molar-refractivity contribution in [2.24, 2.45) is 17.6 Å². The second kappa shape index (κ2) is 7.55. The monoisotopic (exact) mass is 375 g/mol. The number of carbonyl (C=O) groups excluding carboxylic acids is 1. The lowest BCUT2D eigenvalue weighted by Gasteiger charge is -2.39. The van der Waals surface area contributed by atoms with Crippen LogP contribution in [-0.4, -0.2) is 24.3 Å². The molecule has 146 valence electrons. The van der Waals surface area contributed by atoms with Gasteiger partial charge >= 0.3 is 5.97 Å². The molecule has 1 saturated carbocycles. The van der Waals surface area contributed by atoms with E-state index in [2.05, 4.69) is 0 Å². The summed E-state index contributed by atoms with van der Waals surface area (Å²) in [6, 6.07) is 6.49. The summed E-state index contributed by atoms with van der Waals surface area (Å²) in [6.45, 7) is 5.17. The molecule has 2 aliphatic carbocycles. The van der Waals surface area contributed by atoms with Crippen molar-refractivity contribution >= 4 is 11.5 Å². The minimum Gasteiger partial charge on any atom is -0.466 e. The highest BCUT2D eigenvalue weighted by Gasteiger charge is 2.50. The zero-order valence-corrected chi connectivity index (χ0v) is 16.1. The standard InChI is InChI=1S/C22H27F2NO2/c1-4-27-19(26)12-18(25)20-21(23)16(14-9-10-14)11-17(22(20,3)24)15-8-6-5-7-13(15)2/h5-8,11,14,18,20H,4,9-10,12,25H2,1-3H3. The minimum atomic E-state index is -2.03. The summed E-state index contributed by atoms with van der Waals surface area (Å²) in [4.78, 5) is 11.9. The van der Waals surface area contributed by atoms with Crippen molar-refractivity contribution in [1.82, 2.24) is 0 Å². The van der Waals surface area contributed by atoms with Gasteiger partial charge in [0.15, 0.2) is 0 Å². The molecule has 27 heavy (non-hydrogen) atoms. The molecule has 2 N–H and O–H groups in total. The number of benzene rings is 1. The van der Waals surface area contributed by atoms with Gasteiger partial charge in [-0.05, 0) is 67.9 Å². The normalized spacial score (nSPS) is 26.6.